The van der Waals surface area contributed by atoms with Crippen LogP contribution in [0, 0.1) is 11.8 Å². The van der Waals surface area contributed by atoms with Crippen LogP contribution < -0.4 is 5.32 Å². The van der Waals surface area contributed by atoms with E-state index in [1.807, 2.05) is 60.7 Å². The smallest absolute Gasteiger partial charge is 0.329 e. The zero-order valence-electron chi connectivity index (χ0n) is 15.2. The Morgan fingerprint density at radius 3 is 2.04 bits per heavy atom. The second-order valence-electron chi connectivity index (χ2n) is 7.03. The van der Waals surface area contributed by atoms with Gasteiger partial charge in [-0.1, -0.05) is 67.6 Å². The van der Waals surface area contributed by atoms with E-state index in [1.54, 1.807) is 0 Å². The fraction of sp³-hybridized carbons (Fsp3) is 0.409. The first-order chi connectivity index (χ1) is 12.6. The molecule has 4 nitrogen and oxygen atoms in total. The van der Waals surface area contributed by atoms with Crippen molar-refractivity contribution in [2.45, 2.75) is 25.4 Å². The molecule has 2 aromatic carbocycles. The highest BCUT2D eigenvalue weighted by atomic mass is 16.5. The molecule has 1 fully saturated rings. The maximum absolute atomic E-state index is 11.4. The first-order valence-corrected chi connectivity index (χ1v) is 9.32. The van der Waals surface area contributed by atoms with Crippen LogP contribution >= 0.6 is 0 Å². The lowest BCUT2D eigenvalue weighted by molar-refractivity contribution is -0.153. The van der Waals surface area contributed by atoms with E-state index in [-0.39, 0.29) is 12.5 Å². The van der Waals surface area contributed by atoms with E-state index in [9.17, 15) is 9.90 Å². The number of piperidine rings is 1. The molecule has 1 saturated heterocycles. The molecular formula is C22H27NO3. The fourth-order valence-corrected chi connectivity index (χ4v) is 4.21. The SMILES string of the molecule is CC(C1CCNCC1)C(OCC(=O)O)(c1ccccc1)c1ccccc1. The number of carbonyl (C=O) groups is 1. The van der Waals surface area contributed by atoms with Crippen LogP contribution in [0.2, 0.25) is 0 Å². The average Bonchev–Trinajstić information content (AvgIpc) is 2.70. The van der Waals surface area contributed by atoms with Crippen molar-refractivity contribution in [1.82, 2.24) is 5.32 Å². The van der Waals surface area contributed by atoms with Crippen LogP contribution in [0.1, 0.15) is 30.9 Å². The van der Waals surface area contributed by atoms with E-state index in [2.05, 4.69) is 12.2 Å². The van der Waals surface area contributed by atoms with Crippen molar-refractivity contribution in [3.8, 4) is 0 Å². The molecule has 0 radical (unpaired) electrons. The van der Waals surface area contributed by atoms with Gasteiger partial charge in [0, 0.05) is 0 Å². The molecule has 2 aromatic rings. The Morgan fingerprint density at radius 1 is 1.08 bits per heavy atom. The van der Waals surface area contributed by atoms with E-state index in [1.165, 1.54) is 0 Å². The van der Waals surface area contributed by atoms with Gasteiger partial charge in [0.15, 0.2) is 0 Å². The molecule has 0 amide bonds. The van der Waals surface area contributed by atoms with E-state index >= 15 is 0 Å². The Hall–Kier alpha value is -2.17. The summed E-state index contributed by atoms with van der Waals surface area (Å²) in [6, 6.07) is 20.1. The summed E-state index contributed by atoms with van der Waals surface area (Å²) < 4.78 is 6.26. The molecule has 1 heterocycles. The zero-order valence-corrected chi connectivity index (χ0v) is 15.2. The molecule has 1 unspecified atom stereocenters. The monoisotopic (exact) mass is 353 g/mol. The third-order valence-electron chi connectivity index (χ3n) is 5.56. The summed E-state index contributed by atoms with van der Waals surface area (Å²) >= 11 is 0. The van der Waals surface area contributed by atoms with Crippen molar-refractivity contribution in [3.05, 3.63) is 71.8 Å². The van der Waals surface area contributed by atoms with E-state index in [0.717, 1.165) is 37.1 Å². The molecule has 0 bridgehead atoms. The van der Waals surface area contributed by atoms with Crippen molar-refractivity contribution in [1.29, 1.82) is 0 Å². The summed E-state index contributed by atoms with van der Waals surface area (Å²) in [4.78, 5) is 11.4. The summed E-state index contributed by atoms with van der Waals surface area (Å²) in [6.45, 7) is 3.87. The van der Waals surface area contributed by atoms with E-state index in [4.69, 9.17) is 4.74 Å². The summed E-state index contributed by atoms with van der Waals surface area (Å²) in [7, 11) is 0. The van der Waals surface area contributed by atoms with E-state index in [0.29, 0.717) is 5.92 Å². The Bertz CT molecular complexity index is 656. The van der Waals surface area contributed by atoms with Gasteiger partial charge < -0.3 is 15.2 Å². The highest BCUT2D eigenvalue weighted by Crippen LogP contribution is 2.45. The minimum absolute atomic E-state index is 0.147. The maximum atomic E-state index is 11.4. The molecular weight excluding hydrogens is 326 g/mol. The lowest BCUT2D eigenvalue weighted by atomic mass is 9.69. The number of hydrogen-bond donors (Lipinski definition) is 2. The largest absolute Gasteiger partial charge is 0.480 e. The Morgan fingerprint density at radius 2 is 1.58 bits per heavy atom. The summed E-state index contributed by atoms with van der Waals surface area (Å²) in [5, 5.41) is 12.7. The van der Waals surface area contributed by atoms with Crippen LogP contribution in [0.4, 0.5) is 0 Å². The quantitative estimate of drug-likeness (QED) is 0.797. The lowest BCUT2D eigenvalue weighted by Crippen LogP contribution is -2.45. The third kappa shape index (κ3) is 3.81. The minimum Gasteiger partial charge on any atom is -0.480 e. The van der Waals surface area contributed by atoms with Crippen LogP contribution in [0.25, 0.3) is 0 Å². The second kappa shape index (κ2) is 8.47. The molecule has 3 rings (SSSR count). The molecule has 0 aliphatic carbocycles. The first-order valence-electron chi connectivity index (χ1n) is 9.32. The van der Waals surface area contributed by atoms with Crippen LogP contribution in [0.3, 0.4) is 0 Å². The average molecular weight is 353 g/mol. The van der Waals surface area contributed by atoms with Crippen molar-refractivity contribution in [2.24, 2.45) is 11.8 Å². The number of hydrogen-bond acceptors (Lipinski definition) is 3. The predicted molar refractivity (Wildman–Crippen MR) is 102 cm³/mol. The highest BCUT2D eigenvalue weighted by Gasteiger charge is 2.44. The van der Waals surface area contributed by atoms with Crippen molar-refractivity contribution >= 4 is 5.97 Å². The minimum atomic E-state index is -0.946. The van der Waals surface area contributed by atoms with Crippen molar-refractivity contribution in [3.63, 3.8) is 0 Å². The van der Waals surface area contributed by atoms with Crippen LogP contribution in [-0.2, 0) is 15.1 Å². The standard InChI is InChI=1S/C22H27NO3/c1-17(18-12-14-23-15-13-18)22(26-16-21(24)25,19-8-4-2-5-9-19)20-10-6-3-7-11-20/h2-11,17-18,23H,12-16H2,1H3,(H,24,25). The molecule has 1 aliphatic rings. The van der Waals surface area contributed by atoms with Gasteiger partial charge in [-0.05, 0) is 48.9 Å². The molecule has 0 saturated carbocycles. The van der Waals surface area contributed by atoms with Gasteiger partial charge in [0.25, 0.3) is 0 Å². The number of rotatable bonds is 7. The fourth-order valence-electron chi connectivity index (χ4n) is 4.21. The van der Waals surface area contributed by atoms with Gasteiger partial charge in [-0.25, -0.2) is 4.79 Å². The molecule has 1 aliphatic heterocycles. The van der Waals surface area contributed by atoms with Crippen molar-refractivity contribution in [2.75, 3.05) is 19.7 Å². The van der Waals surface area contributed by atoms with Gasteiger partial charge >= 0.3 is 5.97 Å². The maximum Gasteiger partial charge on any atom is 0.329 e. The normalized spacial score (nSPS) is 17.0. The summed E-state index contributed by atoms with van der Waals surface area (Å²) in [5.74, 6) is -0.335. The number of ether oxygens (including phenoxy) is 1. The molecule has 0 spiro atoms. The van der Waals surface area contributed by atoms with Crippen LogP contribution in [0.5, 0.6) is 0 Å². The Kier molecular flexibility index (Phi) is 6.07. The number of benzene rings is 2. The van der Waals surface area contributed by atoms with Gasteiger partial charge in [-0.15, -0.1) is 0 Å². The first kappa shape index (κ1) is 18.6. The van der Waals surface area contributed by atoms with Gasteiger partial charge in [0.05, 0.1) is 0 Å². The molecule has 0 aromatic heterocycles. The van der Waals surface area contributed by atoms with Gasteiger partial charge in [0.2, 0.25) is 0 Å². The molecule has 26 heavy (non-hydrogen) atoms. The third-order valence-corrected chi connectivity index (χ3v) is 5.56. The Balaban J connectivity index is 2.11. The highest BCUT2D eigenvalue weighted by molar-refractivity contribution is 5.68. The summed E-state index contributed by atoms with van der Waals surface area (Å²) in [5.41, 5.74) is 1.25. The molecule has 138 valence electrons. The lowest BCUT2D eigenvalue weighted by Gasteiger charge is -2.44. The van der Waals surface area contributed by atoms with Crippen LogP contribution in [-0.4, -0.2) is 30.8 Å². The van der Waals surface area contributed by atoms with Crippen molar-refractivity contribution < 1.29 is 14.6 Å². The second-order valence-corrected chi connectivity index (χ2v) is 7.03. The van der Waals surface area contributed by atoms with Gasteiger partial charge in [0.1, 0.15) is 12.2 Å². The number of nitrogens with one attached hydrogen (secondary N) is 1. The predicted octanol–water partition coefficient (Wildman–Crippen LogP) is 3.67. The topological polar surface area (TPSA) is 58.6 Å². The Labute approximate surface area is 155 Å². The number of carboxylic acid groups (broad SMARTS) is 1. The van der Waals surface area contributed by atoms with Crippen LogP contribution in [0.15, 0.2) is 60.7 Å². The number of carboxylic acids is 1. The van der Waals surface area contributed by atoms with E-state index < -0.39 is 11.6 Å². The molecule has 2 N–H and O–H groups in total. The molecule has 4 heteroatoms. The summed E-state index contributed by atoms with van der Waals surface area (Å²) in [6.07, 6.45) is 2.14. The zero-order chi connectivity index (χ0) is 18.4. The number of aliphatic carboxylic acids is 1. The van der Waals surface area contributed by atoms with Gasteiger partial charge in [-0.3, -0.25) is 0 Å². The van der Waals surface area contributed by atoms with Gasteiger partial charge in [-0.2, -0.15) is 0 Å². The molecule has 1 atom stereocenters.